The van der Waals surface area contributed by atoms with Crippen molar-refractivity contribution in [3.05, 3.63) is 47.0 Å². The van der Waals surface area contributed by atoms with E-state index in [1.807, 2.05) is 13.8 Å². The van der Waals surface area contributed by atoms with E-state index >= 15 is 0 Å². The lowest BCUT2D eigenvalue weighted by molar-refractivity contribution is -0.151. The van der Waals surface area contributed by atoms with Gasteiger partial charge in [-0.1, -0.05) is 30.7 Å². The van der Waals surface area contributed by atoms with Gasteiger partial charge in [0.2, 0.25) is 6.10 Å². The lowest BCUT2D eigenvalue weighted by atomic mass is 10.0. The number of rotatable bonds is 7. The molecule has 0 radical (unpaired) electrons. The van der Waals surface area contributed by atoms with E-state index in [1.54, 1.807) is 36.4 Å². The molecule has 2 aromatic carbocycles. The highest BCUT2D eigenvalue weighted by Crippen LogP contribution is 2.43. The van der Waals surface area contributed by atoms with Crippen molar-refractivity contribution in [1.82, 2.24) is 0 Å². The van der Waals surface area contributed by atoms with E-state index < -0.39 is 18.2 Å². The predicted molar refractivity (Wildman–Crippen MR) is 100 cm³/mol. The fraction of sp³-hybridized carbons (Fsp3) is 0.350. The molecule has 3 rings (SSSR count). The zero-order valence-electron chi connectivity index (χ0n) is 15.1. The summed E-state index contributed by atoms with van der Waals surface area (Å²) in [4.78, 5) is 11.8. The number of fused-ring (bicyclic) bond motifs is 1. The summed E-state index contributed by atoms with van der Waals surface area (Å²) in [6.07, 6.45) is -1.27. The Morgan fingerprint density at radius 3 is 2.48 bits per heavy atom. The van der Waals surface area contributed by atoms with Crippen LogP contribution in [0.2, 0.25) is 5.02 Å². The first kappa shape index (κ1) is 19.2. The second kappa shape index (κ2) is 8.39. The molecule has 2 atom stereocenters. The van der Waals surface area contributed by atoms with Gasteiger partial charge in [-0.05, 0) is 37.6 Å². The van der Waals surface area contributed by atoms with Crippen LogP contribution in [0, 0.1) is 0 Å². The highest BCUT2D eigenvalue weighted by atomic mass is 35.5. The third-order valence-electron chi connectivity index (χ3n) is 3.99. The lowest BCUT2D eigenvalue weighted by Gasteiger charge is -2.32. The van der Waals surface area contributed by atoms with Crippen molar-refractivity contribution in [2.45, 2.75) is 32.5 Å². The highest BCUT2D eigenvalue weighted by molar-refractivity contribution is 6.32. The number of para-hydroxylation sites is 2. The number of hydrogen-bond donors (Lipinski definition) is 1. The van der Waals surface area contributed by atoms with E-state index in [4.69, 9.17) is 30.5 Å². The van der Waals surface area contributed by atoms with Gasteiger partial charge in [0, 0.05) is 5.56 Å². The van der Waals surface area contributed by atoms with Gasteiger partial charge in [-0.3, -0.25) is 0 Å². The van der Waals surface area contributed by atoms with Gasteiger partial charge in [0.05, 0.1) is 18.2 Å². The summed E-state index contributed by atoms with van der Waals surface area (Å²) >= 11 is 6.40. The maximum Gasteiger partial charge on any atom is 0.349 e. The second-order valence-corrected chi connectivity index (χ2v) is 6.38. The van der Waals surface area contributed by atoms with Crippen LogP contribution in [0.4, 0.5) is 0 Å². The predicted octanol–water partition coefficient (Wildman–Crippen LogP) is 4.49. The largest absolute Gasteiger partial charge is 0.490 e. The molecule has 0 saturated carbocycles. The van der Waals surface area contributed by atoms with E-state index in [9.17, 15) is 9.90 Å². The van der Waals surface area contributed by atoms with Crippen molar-refractivity contribution in [1.29, 1.82) is 0 Å². The molecule has 7 heteroatoms. The third-order valence-corrected chi connectivity index (χ3v) is 4.27. The third kappa shape index (κ3) is 4.06. The standard InChI is InChI=1S/C20H21ClO6/c1-3-9-25-18-13(21)10-12(11-16(18)24-4-2)17-19(20(22)23)27-15-8-6-5-7-14(15)26-17/h5-8,10-11,17,19H,3-4,9H2,1-2H3,(H,22,23). The van der Waals surface area contributed by atoms with Crippen LogP contribution >= 0.6 is 11.6 Å². The van der Waals surface area contributed by atoms with Crippen LogP contribution in [0.15, 0.2) is 36.4 Å². The van der Waals surface area contributed by atoms with Gasteiger partial charge < -0.3 is 24.1 Å². The Labute approximate surface area is 162 Å². The van der Waals surface area contributed by atoms with Gasteiger partial charge in [0.15, 0.2) is 29.1 Å². The maximum atomic E-state index is 11.8. The number of carboxylic acid groups (broad SMARTS) is 1. The Morgan fingerprint density at radius 2 is 1.85 bits per heavy atom. The van der Waals surface area contributed by atoms with E-state index in [2.05, 4.69) is 0 Å². The van der Waals surface area contributed by atoms with Gasteiger partial charge in [-0.2, -0.15) is 0 Å². The molecule has 6 nitrogen and oxygen atoms in total. The van der Waals surface area contributed by atoms with Crippen LogP contribution in [0.5, 0.6) is 23.0 Å². The number of carboxylic acids is 1. The van der Waals surface area contributed by atoms with Gasteiger partial charge in [-0.25, -0.2) is 4.79 Å². The number of ether oxygens (including phenoxy) is 4. The van der Waals surface area contributed by atoms with Crippen LogP contribution in [0.1, 0.15) is 31.9 Å². The van der Waals surface area contributed by atoms with Gasteiger partial charge in [-0.15, -0.1) is 0 Å². The normalized spacial score (nSPS) is 18.0. The van der Waals surface area contributed by atoms with E-state index in [0.29, 0.717) is 46.8 Å². The van der Waals surface area contributed by atoms with Gasteiger partial charge in [0.25, 0.3) is 0 Å². The zero-order valence-corrected chi connectivity index (χ0v) is 15.9. The van der Waals surface area contributed by atoms with Gasteiger partial charge >= 0.3 is 5.97 Å². The number of aliphatic carboxylic acids is 1. The van der Waals surface area contributed by atoms with Crippen molar-refractivity contribution in [2.75, 3.05) is 13.2 Å². The molecule has 1 N–H and O–H groups in total. The summed E-state index contributed by atoms with van der Waals surface area (Å²) < 4.78 is 23.0. The zero-order chi connectivity index (χ0) is 19.4. The summed E-state index contributed by atoms with van der Waals surface area (Å²) in [6, 6.07) is 10.3. The van der Waals surface area contributed by atoms with Gasteiger partial charge in [0.1, 0.15) is 0 Å². The fourth-order valence-corrected chi connectivity index (χ4v) is 3.10. The number of hydrogen-bond acceptors (Lipinski definition) is 5. The minimum atomic E-state index is -1.21. The summed E-state index contributed by atoms with van der Waals surface area (Å²) in [5.41, 5.74) is 0.536. The molecular weight excluding hydrogens is 372 g/mol. The van der Waals surface area contributed by atoms with E-state index in [0.717, 1.165) is 6.42 Å². The number of benzene rings is 2. The molecular formula is C20H21ClO6. The summed E-state index contributed by atoms with van der Waals surface area (Å²) in [5, 5.41) is 9.94. The Hall–Kier alpha value is -2.60. The number of halogens is 1. The van der Waals surface area contributed by atoms with E-state index in [-0.39, 0.29) is 0 Å². The fourth-order valence-electron chi connectivity index (χ4n) is 2.82. The van der Waals surface area contributed by atoms with Crippen LogP contribution in [-0.4, -0.2) is 30.4 Å². The summed E-state index contributed by atoms with van der Waals surface area (Å²) in [5.74, 6) is 0.614. The topological polar surface area (TPSA) is 74.2 Å². The molecule has 0 fully saturated rings. The molecule has 0 amide bonds. The Kier molecular flexibility index (Phi) is 5.96. The first-order chi connectivity index (χ1) is 13.0. The average molecular weight is 393 g/mol. The minimum absolute atomic E-state index is 0.330. The first-order valence-electron chi connectivity index (χ1n) is 8.79. The number of carbonyl (C=O) groups is 1. The molecule has 0 saturated heterocycles. The monoisotopic (exact) mass is 392 g/mol. The molecule has 27 heavy (non-hydrogen) atoms. The first-order valence-corrected chi connectivity index (χ1v) is 9.17. The molecule has 144 valence electrons. The lowest BCUT2D eigenvalue weighted by Crippen LogP contribution is -2.39. The molecule has 0 spiro atoms. The SMILES string of the molecule is CCCOc1c(Cl)cc(C2Oc3ccccc3OC2C(=O)O)cc1OCC. The highest BCUT2D eigenvalue weighted by Gasteiger charge is 2.39. The molecule has 2 unspecified atom stereocenters. The van der Waals surface area contributed by atoms with Crippen molar-refractivity contribution >= 4 is 17.6 Å². The Bertz CT molecular complexity index is 822. The van der Waals surface area contributed by atoms with Crippen molar-refractivity contribution in [3.63, 3.8) is 0 Å². The molecule has 0 aromatic heterocycles. The molecule has 0 bridgehead atoms. The molecule has 1 aliphatic rings. The molecule has 1 aliphatic heterocycles. The Balaban J connectivity index is 2.01. The minimum Gasteiger partial charge on any atom is -0.490 e. The average Bonchev–Trinajstić information content (AvgIpc) is 2.66. The smallest absolute Gasteiger partial charge is 0.349 e. The quantitative estimate of drug-likeness (QED) is 0.748. The Morgan fingerprint density at radius 1 is 1.15 bits per heavy atom. The van der Waals surface area contributed by atoms with Crippen LogP contribution in [0.25, 0.3) is 0 Å². The van der Waals surface area contributed by atoms with Crippen LogP contribution in [-0.2, 0) is 4.79 Å². The summed E-state index contributed by atoms with van der Waals surface area (Å²) in [6.45, 7) is 4.74. The van der Waals surface area contributed by atoms with Crippen molar-refractivity contribution in [2.24, 2.45) is 0 Å². The summed E-state index contributed by atoms with van der Waals surface area (Å²) in [7, 11) is 0. The van der Waals surface area contributed by atoms with Crippen LogP contribution < -0.4 is 18.9 Å². The van der Waals surface area contributed by atoms with Crippen molar-refractivity contribution < 1.29 is 28.8 Å². The van der Waals surface area contributed by atoms with E-state index in [1.165, 1.54) is 0 Å². The molecule has 2 aromatic rings. The molecule has 0 aliphatic carbocycles. The molecule has 1 heterocycles. The maximum absolute atomic E-state index is 11.8. The second-order valence-electron chi connectivity index (χ2n) is 5.97. The van der Waals surface area contributed by atoms with Crippen molar-refractivity contribution in [3.8, 4) is 23.0 Å². The van der Waals surface area contributed by atoms with Crippen LogP contribution in [0.3, 0.4) is 0 Å².